The van der Waals surface area contributed by atoms with Gasteiger partial charge < -0.3 is 14.8 Å². The molecule has 0 saturated heterocycles. The summed E-state index contributed by atoms with van der Waals surface area (Å²) in [5, 5.41) is 3.48. The monoisotopic (exact) mass is 237 g/mol. The summed E-state index contributed by atoms with van der Waals surface area (Å²) in [7, 11) is 1.69. The molecule has 1 rings (SSSR count). The third kappa shape index (κ3) is 6.41. The highest BCUT2D eigenvalue weighted by atomic mass is 16.5. The highest BCUT2D eigenvalue weighted by Gasteiger charge is 2.02. The average molecular weight is 237 g/mol. The van der Waals surface area contributed by atoms with Crippen LogP contribution in [0.2, 0.25) is 0 Å². The molecule has 0 bridgehead atoms. The second-order valence-electron chi connectivity index (χ2n) is 4.05. The Labute approximate surface area is 104 Å². The highest BCUT2D eigenvalue weighted by Crippen LogP contribution is 2.10. The van der Waals surface area contributed by atoms with E-state index < -0.39 is 0 Å². The maximum absolute atomic E-state index is 5.40. The largest absolute Gasteiger partial charge is 0.382 e. The van der Waals surface area contributed by atoms with Crippen LogP contribution in [0.15, 0.2) is 30.3 Å². The third-order valence-electron chi connectivity index (χ3n) is 2.65. The molecule has 0 radical (unpaired) electrons. The maximum atomic E-state index is 5.40. The second kappa shape index (κ2) is 9.16. The van der Waals surface area contributed by atoms with Gasteiger partial charge in [0, 0.05) is 19.8 Å². The van der Waals surface area contributed by atoms with Crippen LogP contribution in [0.4, 0.5) is 0 Å². The Morgan fingerprint density at radius 2 is 1.88 bits per heavy atom. The van der Waals surface area contributed by atoms with Crippen molar-refractivity contribution in [3.8, 4) is 0 Å². The summed E-state index contributed by atoms with van der Waals surface area (Å²) in [5.74, 6) is 0. The van der Waals surface area contributed by atoms with E-state index in [9.17, 15) is 0 Å². The van der Waals surface area contributed by atoms with E-state index in [-0.39, 0.29) is 0 Å². The van der Waals surface area contributed by atoms with Gasteiger partial charge in [0.05, 0.1) is 13.2 Å². The topological polar surface area (TPSA) is 30.5 Å². The summed E-state index contributed by atoms with van der Waals surface area (Å²) in [6.45, 7) is 5.31. The Kier molecular flexibility index (Phi) is 7.63. The van der Waals surface area contributed by atoms with E-state index in [2.05, 4.69) is 36.5 Å². The van der Waals surface area contributed by atoms with Crippen LogP contribution in [-0.4, -0.2) is 33.5 Å². The van der Waals surface area contributed by atoms with Crippen molar-refractivity contribution in [1.82, 2.24) is 5.32 Å². The maximum Gasteiger partial charge on any atom is 0.0700 e. The zero-order valence-corrected chi connectivity index (χ0v) is 10.8. The molecule has 0 aliphatic heterocycles. The zero-order valence-electron chi connectivity index (χ0n) is 10.8. The fraction of sp³-hybridized carbons (Fsp3) is 0.571. The molecule has 0 aliphatic rings. The first-order chi connectivity index (χ1) is 8.34. The van der Waals surface area contributed by atoms with Crippen LogP contribution >= 0.6 is 0 Å². The smallest absolute Gasteiger partial charge is 0.0700 e. The lowest BCUT2D eigenvalue weighted by atomic mass is 10.1. The molecule has 0 aromatic heterocycles. The first kappa shape index (κ1) is 14.2. The molecule has 1 N–H and O–H groups in total. The lowest BCUT2D eigenvalue weighted by molar-refractivity contribution is 0.0693. The predicted molar refractivity (Wildman–Crippen MR) is 70.2 cm³/mol. The third-order valence-corrected chi connectivity index (χ3v) is 2.65. The number of benzene rings is 1. The van der Waals surface area contributed by atoms with Gasteiger partial charge in [-0.25, -0.2) is 0 Å². The van der Waals surface area contributed by atoms with E-state index in [1.54, 1.807) is 7.11 Å². The summed E-state index contributed by atoms with van der Waals surface area (Å²) < 4.78 is 10.3. The Morgan fingerprint density at radius 3 is 2.59 bits per heavy atom. The molecule has 1 aromatic carbocycles. The predicted octanol–water partition coefficient (Wildman–Crippen LogP) is 2.39. The summed E-state index contributed by atoms with van der Waals surface area (Å²) in [6.07, 6.45) is 1.03. The summed E-state index contributed by atoms with van der Waals surface area (Å²) in [6, 6.07) is 10.9. The molecule has 0 fully saturated rings. The summed E-state index contributed by atoms with van der Waals surface area (Å²) in [4.78, 5) is 0. The number of ether oxygens (including phenoxy) is 2. The molecule has 3 nitrogen and oxygen atoms in total. The quantitative estimate of drug-likeness (QED) is 0.669. The van der Waals surface area contributed by atoms with Crippen molar-refractivity contribution in [3.05, 3.63) is 35.9 Å². The van der Waals surface area contributed by atoms with Crippen molar-refractivity contribution in [3.63, 3.8) is 0 Å². The van der Waals surface area contributed by atoms with Gasteiger partial charge >= 0.3 is 0 Å². The SMILES string of the molecule is COCCOCCCNC(C)c1ccccc1. The molecule has 0 amide bonds. The minimum atomic E-state index is 0.398. The molecule has 1 unspecified atom stereocenters. The van der Waals surface area contributed by atoms with Crippen molar-refractivity contribution in [2.45, 2.75) is 19.4 Å². The minimum Gasteiger partial charge on any atom is -0.382 e. The minimum absolute atomic E-state index is 0.398. The van der Waals surface area contributed by atoms with Gasteiger partial charge in [0.25, 0.3) is 0 Å². The van der Waals surface area contributed by atoms with E-state index in [1.165, 1.54) is 5.56 Å². The molecule has 17 heavy (non-hydrogen) atoms. The van der Waals surface area contributed by atoms with Crippen molar-refractivity contribution in [2.24, 2.45) is 0 Å². The van der Waals surface area contributed by atoms with Gasteiger partial charge in [-0.05, 0) is 25.5 Å². The van der Waals surface area contributed by atoms with E-state index in [0.717, 1.165) is 19.6 Å². The molecule has 0 saturated carbocycles. The summed E-state index contributed by atoms with van der Waals surface area (Å²) in [5.41, 5.74) is 1.33. The molecular formula is C14H23NO2. The van der Waals surface area contributed by atoms with Gasteiger partial charge in [0.15, 0.2) is 0 Å². The van der Waals surface area contributed by atoms with Crippen molar-refractivity contribution in [1.29, 1.82) is 0 Å². The highest BCUT2D eigenvalue weighted by molar-refractivity contribution is 5.17. The number of methoxy groups -OCH3 is 1. The fourth-order valence-electron chi connectivity index (χ4n) is 1.60. The Hall–Kier alpha value is -0.900. The van der Waals surface area contributed by atoms with Gasteiger partial charge in [0.2, 0.25) is 0 Å². The van der Waals surface area contributed by atoms with Crippen LogP contribution in [-0.2, 0) is 9.47 Å². The molecule has 0 heterocycles. The van der Waals surface area contributed by atoms with Crippen molar-refractivity contribution >= 4 is 0 Å². The molecule has 0 spiro atoms. The number of rotatable bonds is 9. The molecule has 3 heteroatoms. The van der Waals surface area contributed by atoms with E-state index in [1.807, 2.05) is 6.07 Å². The fourth-order valence-corrected chi connectivity index (χ4v) is 1.60. The van der Waals surface area contributed by atoms with E-state index >= 15 is 0 Å². The van der Waals surface area contributed by atoms with Gasteiger partial charge in [-0.2, -0.15) is 0 Å². The van der Waals surface area contributed by atoms with Crippen LogP contribution in [0.5, 0.6) is 0 Å². The summed E-state index contributed by atoms with van der Waals surface area (Å²) >= 11 is 0. The molecule has 96 valence electrons. The van der Waals surface area contributed by atoms with Crippen LogP contribution in [0.1, 0.15) is 24.9 Å². The van der Waals surface area contributed by atoms with Crippen LogP contribution < -0.4 is 5.32 Å². The standard InChI is InChI=1S/C14H23NO2/c1-13(14-7-4-3-5-8-14)15-9-6-10-17-12-11-16-2/h3-5,7-8,13,15H,6,9-12H2,1-2H3. The Bertz CT molecular complexity index is 277. The average Bonchev–Trinajstić information content (AvgIpc) is 2.38. The van der Waals surface area contributed by atoms with Crippen molar-refractivity contribution < 1.29 is 9.47 Å². The van der Waals surface area contributed by atoms with Crippen LogP contribution in [0.25, 0.3) is 0 Å². The molecule has 0 aliphatic carbocycles. The van der Waals surface area contributed by atoms with Gasteiger partial charge in [-0.3, -0.25) is 0 Å². The van der Waals surface area contributed by atoms with Gasteiger partial charge in [-0.15, -0.1) is 0 Å². The normalized spacial score (nSPS) is 12.6. The van der Waals surface area contributed by atoms with Crippen LogP contribution in [0.3, 0.4) is 0 Å². The molecular weight excluding hydrogens is 214 g/mol. The first-order valence-electron chi connectivity index (χ1n) is 6.19. The number of nitrogens with one attached hydrogen (secondary N) is 1. The number of hydrogen-bond acceptors (Lipinski definition) is 3. The van der Waals surface area contributed by atoms with Crippen molar-refractivity contribution in [2.75, 3.05) is 33.5 Å². The molecule has 1 atom stereocenters. The Morgan fingerprint density at radius 1 is 1.12 bits per heavy atom. The van der Waals surface area contributed by atoms with E-state index in [0.29, 0.717) is 19.3 Å². The van der Waals surface area contributed by atoms with Crippen LogP contribution in [0, 0.1) is 0 Å². The molecule has 1 aromatic rings. The first-order valence-corrected chi connectivity index (χ1v) is 6.19. The van der Waals surface area contributed by atoms with Gasteiger partial charge in [-0.1, -0.05) is 30.3 Å². The second-order valence-corrected chi connectivity index (χ2v) is 4.05. The Balaban J connectivity index is 2.03. The zero-order chi connectivity index (χ0) is 12.3. The lowest BCUT2D eigenvalue weighted by Gasteiger charge is -2.14. The lowest BCUT2D eigenvalue weighted by Crippen LogP contribution is -2.21. The number of hydrogen-bond donors (Lipinski definition) is 1. The van der Waals surface area contributed by atoms with Gasteiger partial charge in [0.1, 0.15) is 0 Å². The van der Waals surface area contributed by atoms with E-state index in [4.69, 9.17) is 9.47 Å².